The Bertz CT molecular complexity index is 135. The summed E-state index contributed by atoms with van der Waals surface area (Å²) < 4.78 is 5.32. The van der Waals surface area contributed by atoms with E-state index in [9.17, 15) is 0 Å². The van der Waals surface area contributed by atoms with E-state index in [-0.39, 0.29) is 0 Å². The van der Waals surface area contributed by atoms with E-state index in [1.54, 1.807) is 0 Å². The van der Waals surface area contributed by atoms with Gasteiger partial charge in [0.15, 0.2) is 0 Å². The fraction of sp³-hybridized carbons (Fsp3) is 1.00. The van der Waals surface area contributed by atoms with E-state index < -0.39 is 0 Å². The van der Waals surface area contributed by atoms with Crippen molar-refractivity contribution in [3.05, 3.63) is 0 Å². The molecular formula is C10H20BrNO. The summed E-state index contributed by atoms with van der Waals surface area (Å²) in [6.45, 7) is 7.45. The highest BCUT2D eigenvalue weighted by atomic mass is 79.9. The molecule has 0 saturated carbocycles. The summed E-state index contributed by atoms with van der Waals surface area (Å²) in [7, 11) is 0. The van der Waals surface area contributed by atoms with E-state index in [0.717, 1.165) is 25.7 Å². The van der Waals surface area contributed by atoms with Crippen molar-refractivity contribution in [1.82, 2.24) is 5.32 Å². The lowest BCUT2D eigenvalue weighted by Gasteiger charge is -2.17. The van der Waals surface area contributed by atoms with Crippen LogP contribution in [0, 0.1) is 5.92 Å². The lowest BCUT2D eigenvalue weighted by Crippen LogP contribution is -2.32. The number of halogens is 1. The lowest BCUT2D eigenvalue weighted by molar-refractivity contribution is 0.184. The Morgan fingerprint density at radius 1 is 1.54 bits per heavy atom. The van der Waals surface area contributed by atoms with E-state index in [1.165, 1.54) is 12.8 Å². The fourth-order valence-corrected chi connectivity index (χ4v) is 2.24. The quantitative estimate of drug-likeness (QED) is 0.755. The molecular weight excluding hydrogens is 230 g/mol. The van der Waals surface area contributed by atoms with E-state index in [0.29, 0.717) is 10.9 Å². The molecule has 0 aromatic rings. The second kappa shape index (κ2) is 5.99. The molecule has 78 valence electrons. The van der Waals surface area contributed by atoms with Gasteiger partial charge in [0.1, 0.15) is 0 Å². The molecule has 0 aromatic heterocycles. The first kappa shape index (κ1) is 11.5. The van der Waals surface area contributed by atoms with Crippen LogP contribution in [0.5, 0.6) is 0 Å². The van der Waals surface area contributed by atoms with Crippen LogP contribution in [0.2, 0.25) is 0 Å². The summed E-state index contributed by atoms with van der Waals surface area (Å²) in [4.78, 5) is 0.606. The van der Waals surface area contributed by atoms with Gasteiger partial charge in [0.05, 0.1) is 6.61 Å². The first-order valence-corrected chi connectivity index (χ1v) is 6.05. The average molecular weight is 250 g/mol. The third kappa shape index (κ3) is 4.99. The van der Waals surface area contributed by atoms with Crippen LogP contribution in [0.4, 0.5) is 0 Å². The minimum atomic E-state index is 0.606. The molecule has 3 atom stereocenters. The largest absolute Gasteiger partial charge is 0.381 e. The number of rotatable bonds is 5. The van der Waals surface area contributed by atoms with E-state index in [1.807, 2.05) is 0 Å². The predicted octanol–water partition coefficient (Wildman–Crippen LogP) is 2.17. The van der Waals surface area contributed by atoms with Gasteiger partial charge in [-0.2, -0.15) is 0 Å². The molecule has 0 radical (unpaired) electrons. The van der Waals surface area contributed by atoms with Crippen molar-refractivity contribution in [2.45, 2.75) is 37.6 Å². The van der Waals surface area contributed by atoms with Crippen LogP contribution in [0.15, 0.2) is 0 Å². The van der Waals surface area contributed by atoms with Gasteiger partial charge in [0.25, 0.3) is 0 Å². The molecule has 0 bridgehead atoms. The molecule has 1 N–H and O–H groups in total. The number of hydrogen-bond acceptors (Lipinski definition) is 2. The normalized spacial score (nSPS) is 27.5. The minimum absolute atomic E-state index is 0.606. The Kier molecular flexibility index (Phi) is 5.29. The van der Waals surface area contributed by atoms with Crippen molar-refractivity contribution in [3.63, 3.8) is 0 Å². The zero-order valence-electron chi connectivity index (χ0n) is 8.55. The highest BCUT2D eigenvalue weighted by Crippen LogP contribution is 2.12. The van der Waals surface area contributed by atoms with Crippen LogP contribution in [0.1, 0.15) is 26.7 Å². The molecule has 2 nitrogen and oxygen atoms in total. The predicted molar refractivity (Wildman–Crippen MR) is 59.4 cm³/mol. The Morgan fingerprint density at radius 2 is 2.31 bits per heavy atom. The van der Waals surface area contributed by atoms with Gasteiger partial charge in [-0.05, 0) is 25.7 Å². The molecule has 1 saturated heterocycles. The van der Waals surface area contributed by atoms with Crippen molar-refractivity contribution in [2.24, 2.45) is 5.92 Å². The Morgan fingerprint density at radius 3 is 2.85 bits per heavy atom. The summed E-state index contributed by atoms with van der Waals surface area (Å²) in [5, 5.41) is 3.55. The van der Waals surface area contributed by atoms with Crippen LogP contribution in [-0.2, 0) is 4.74 Å². The van der Waals surface area contributed by atoms with Crippen LogP contribution in [-0.4, -0.2) is 30.6 Å². The van der Waals surface area contributed by atoms with Gasteiger partial charge in [0.2, 0.25) is 0 Å². The summed E-state index contributed by atoms with van der Waals surface area (Å²) in [6.07, 6.45) is 2.41. The Balaban J connectivity index is 2.03. The Labute approximate surface area is 89.5 Å². The maximum absolute atomic E-state index is 5.32. The van der Waals surface area contributed by atoms with E-state index in [4.69, 9.17) is 4.74 Å². The molecule has 3 unspecified atom stereocenters. The maximum Gasteiger partial charge on any atom is 0.0507 e. The van der Waals surface area contributed by atoms with Crippen molar-refractivity contribution in [2.75, 3.05) is 19.8 Å². The lowest BCUT2D eigenvalue weighted by atomic mass is 10.1. The van der Waals surface area contributed by atoms with Gasteiger partial charge in [-0.3, -0.25) is 0 Å². The Hall–Kier alpha value is 0.400. The fourth-order valence-electron chi connectivity index (χ4n) is 1.68. The summed E-state index contributed by atoms with van der Waals surface area (Å²) in [6, 6.07) is 0.606. The third-order valence-corrected chi connectivity index (χ3v) is 2.83. The first-order valence-electron chi connectivity index (χ1n) is 5.13. The molecule has 13 heavy (non-hydrogen) atoms. The SMILES string of the molecule is CC(Br)CC(C)NCC1CCOC1. The smallest absolute Gasteiger partial charge is 0.0507 e. The number of nitrogens with one attached hydrogen (secondary N) is 1. The molecule has 1 aliphatic heterocycles. The zero-order valence-corrected chi connectivity index (χ0v) is 10.1. The van der Waals surface area contributed by atoms with Crippen molar-refractivity contribution >= 4 is 15.9 Å². The van der Waals surface area contributed by atoms with Crippen molar-refractivity contribution in [3.8, 4) is 0 Å². The average Bonchev–Trinajstić information content (AvgIpc) is 2.51. The summed E-state index contributed by atoms with van der Waals surface area (Å²) >= 11 is 3.56. The molecule has 0 amide bonds. The highest BCUT2D eigenvalue weighted by Gasteiger charge is 2.16. The van der Waals surface area contributed by atoms with Crippen molar-refractivity contribution < 1.29 is 4.74 Å². The summed E-state index contributed by atoms with van der Waals surface area (Å²) in [5.74, 6) is 0.744. The van der Waals surface area contributed by atoms with Gasteiger partial charge in [-0.25, -0.2) is 0 Å². The maximum atomic E-state index is 5.32. The topological polar surface area (TPSA) is 21.3 Å². The van der Waals surface area contributed by atoms with Crippen molar-refractivity contribution in [1.29, 1.82) is 0 Å². The molecule has 1 fully saturated rings. The molecule has 0 aromatic carbocycles. The van der Waals surface area contributed by atoms with Crippen LogP contribution >= 0.6 is 15.9 Å². The molecule has 1 heterocycles. The zero-order chi connectivity index (χ0) is 9.68. The minimum Gasteiger partial charge on any atom is -0.381 e. The third-order valence-electron chi connectivity index (χ3n) is 2.46. The number of hydrogen-bond donors (Lipinski definition) is 1. The van der Waals surface area contributed by atoms with Gasteiger partial charge in [0, 0.05) is 24.0 Å². The monoisotopic (exact) mass is 249 g/mol. The second-order valence-electron chi connectivity index (χ2n) is 4.06. The molecule has 0 spiro atoms. The second-order valence-corrected chi connectivity index (χ2v) is 5.62. The molecule has 1 aliphatic rings. The first-order chi connectivity index (χ1) is 6.18. The molecule has 3 heteroatoms. The van der Waals surface area contributed by atoms with E-state index >= 15 is 0 Å². The van der Waals surface area contributed by atoms with Crippen LogP contribution in [0.3, 0.4) is 0 Å². The van der Waals surface area contributed by atoms with Crippen LogP contribution < -0.4 is 5.32 Å². The number of ether oxygens (including phenoxy) is 1. The van der Waals surface area contributed by atoms with Gasteiger partial charge >= 0.3 is 0 Å². The standard InChI is InChI=1S/C10H20BrNO/c1-8(11)5-9(2)12-6-10-3-4-13-7-10/h8-10,12H,3-7H2,1-2H3. The molecule has 0 aliphatic carbocycles. The van der Waals surface area contributed by atoms with Gasteiger partial charge in [-0.1, -0.05) is 22.9 Å². The summed E-state index contributed by atoms with van der Waals surface area (Å²) in [5.41, 5.74) is 0. The number of alkyl halides is 1. The van der Waals surface area contributed by atoms with Gasteiger partial charge in [-0.15, -0.1) is 0 Å². The van der Waals surface area contributed by atoms with Gasteiger partial charge < -0.3 is 10.1 Å². The van der Waals surface area contributed by atoms with E-state index in [2.05, 4.69) is 35.1 Å². The molecule has 1 rings (SSSR count). The highest BCUT2D eigenvalue weighted by molar-refractivity contribution is 9.09. The van der Waals surface area contributed by atoms with Crippen LogP contribution in [0.25, 0.3) is 0 Å².